The second-order valence-corrected chi connectivity index (χ2v) is 8.18. The average Bonchev–Trinajstić information content (AvgIpc) is 3.22. The first kappa shape index (κ1) is 19.9. The van der Waals surface area contributed by atoms with Crippen molar-refractivity contribution >= 4 is 23.2 Å². The van der Waals surface area contributed by atoms with Crippen molar-refractivity contribution in [3.05, 3.63) is 70.7 Å². The van der Waals surface area contributed by atoms with Gasteiger partial charge in [-0.2, -0.15) is 0 Å². The van der Waals surface area contributed by atoms with Gasteiger partial charge < -0.3 is 14.9 Å². The summed E-state index contributed by atoms with van der Waals surface area (Å²) in [6.45, 7) is 1.98. The van der Waals surface area contributed by atoms with Gasteiger partial charge >= 0.3 is 0 Å². The molecule has 1 saturated heterocycles. The van der Waals surface area contributed by atoms with Crippen LogP contribution in [0.15, 0.2) is 59.8 Å². The number of oxime groups is 1. The first-order valence-electron chi connectivity index (χ1n) is 10.0. The number of hydrogen-bond donors (Lipinski definition) is 1. The lowest BCUT2D eigenvalue weighted by Crippen LogP contribution is -2.47. The summed E-state index contributed by atoms with van der Waals surface area (Å²) >= 11 is 6.04. The first-order chi connectivity index (χ1) is 14.1. The summed E-state index contributed by atoms with van der Waals surface area (Å²) in [4.78, 5) is 18.2. The molecule has 1 atom stereocenters. The van der Waals surface area contributed by atoms with Crippen molar-refractivity contribution in [2.24, 2.45) is 5.16 Å². The van der Waals surface area contributed by atoms with Crippen LogP contribution in [0.2, 0.25) is 5.02 Å². The Bertz CT molecular complexity index is 879. The van der Waals surface area contributed by atoms with E-state index in [0.717, 1.165) is 24.1 Å². The molecule has 2 aromatic carbocycles. The SMILES string of the molecule is O=C(NCC1(c2ccccc2)CCOCC1)C1CC(Cc2cccc(Cl)c2)=NO1. The van der Waals surface area contributed by atoms with Gasteiger partial charge in [0.1, 0.15) is 0 Å². The Morgan fingerprint density at radius 2 is 1.93 bits per heavy atom. The lowest BCUT2D eigenvalue weighted by atomic mass is 9.74. The van der Waals surface area contributed by atoms with E-state index in [4.69, 9.17) is 21.2 Å². The van der Waals surface area contributed by atoms with Crippen molar-refractivity contribution in [2.45, 2.75) is 37.2 Å². The van der Waals surface area contributed by atoms with Gasteiger partial charge in [-0.15, -0.1) is 0 Å². The van der Waals surface area contributed by atoms with Crippen molar-refractivity contribution in [2.75, 3.05) is 19.8 Å². The lowest BCUT2D eigenvalue weighted by Gasteiger charge is -2.38. The molecule has 0 spiro atoms. The number of rotatable bonds is 6. The van der Waals surface area contributed by atoms with E-state index in [2.05, 4.69) is 22.6 Å². The second kappa shape index (κ2) is 8.97. The zero-order valence-corrected chi connectivity index (χ0v) is 17.0. The molecular weight excluding hydrogens is 388 g/mol. The topological polar surface area (TPSA) is 59.9 Å². The molecule has 0 bridgehead atoms. The van der Waals surface area contributed by atoms with Crippen molar-refractivity contribution in [1.82, 2.24) is 5.32 Å². The predicted molar refractivity (Wildman–Crippen MR) is 113 cm³/mol. The Balaban J connectivity index is 1.34. The minimum atomic E-state index is -0.572. The van der Waals surface area contributed by atoms with E-state index in [1.807, 2.05) is 42.5 Å². The maximum absolute atomic E-state index is 12.8. The number of nitrogens with one attached hydrogen (secondary N) is 1. The van der Waals surface area contributed by atoms with E-state index in [0.29, 0.717) is 37.6 Å². The van der Waals surface area contributed by atoms with Crippen LogP contribution in [0.3, 0.4) is 0 Å². The van der Waals surface area contributed by atoms with E-state index < -0.39 is 6.10 Å². The molecule has 0 radical (unpaired) electrons. The summed E-state index contributed by atoms with van der Waals surface area (Å²) in [6, 6.07) is 18.0. The van der Waals surface area contributed by atoms with Crippen LogP contribution >= 0.6 is 11.6 Å². The third-order valence-electron chi connectivity index (χ3n) is 5.76. The van der Waals surface area contributed by atoms with Gasteiger partial charge in [-0.05, 0) is 36.1 Å². The van der Waals surface area contributed by atoms with E-state index in [1.54, 1.807) is 0 Å². The number of halogens is 1. The number of amides is 1. The number of carbonyl (C=O) groups excluding carboxylic acids is 1. The van der Waals surface area contributed by atoms with Crippen LogP contribution in [-0.2, 0) is 26.2 Å². The highest BCUT2D eigenvalue weighted by molar-refractivity contribution is 6.30. The molecule has 0 saturated carbocycles. The number of benzene rings is 2. The monoisotopic (exact) mass is 412 g/mol. The fourth-order valence-corrected chi connectivity index (χ4v) is 4.26. The van der Waals surface area contributed by atoms with Gasteiger partial charge in [-0.3, -0.25) is 4.79 Å². The van der Waals surface area contributed by atoms with Crippen LogP contribution in [-0.4, -0.2) is 37.5 Å². The van der Waals surface area contributed by atoms with Gasteiger partial charge in [0.05, 0.1) is 5.71 Å². The number of hydrogen-bond acceptors (Lipinski definition) is 4. The Morgan fingerprint density at radius 1 is 1.14 bits per heavy atom. The summed E-state index contributed by atoms with van der Waals surface area (Å²) in [7, 11) is 0. The summed E-state index contributed by atoms with van der Waals surface area (Å²) in [5.74, 6) is -0.114. The number of nitrogens with zero attached hydrogens (tertiary/aromatic N) is 1. The zero-order chi connectivity index (χ0) is 20.1. The molecule has 2 aromatic rings. The maximum Gasteiger partial charge on any atom is 0.264 e. The zero-order valence-electron chi connectivity index (χ0n) is 16.3. The van der Waals surface area contributed by atoms with Crippen molar-refractivity contribution < 1.29 is 14.4 Å². The molecule has 0 aromatic heterocycles. The summed E-state index contributed by atoms with van der Waals surface area (Å²) in [6.07, 6.45) is 2.34. The molecule has 2 heterocycles. The Morgan fingerprint density at radius 3 is 2.69 bits per heavy atom. The first-order valence-corrected chi connectivity index (χ1v) is 10.4. The third-order valence-corrected chi connectivity index (χ3v) is 5.99. The molecule has 29 heavy (non-hydrogen) atoms. The summed E-state index contributed by atoms with van der Waals surface area (Å²) in [5.41, 5.74) is 3.06. The molecule has 1 amide bonds. The van der Waals surface area contributed by atoms with Crippen LogP contribution in [0.4, 0.5) is 0 Å². The van der Waals surface area contributed by atoms with E-state index in [1.165, 1.54) is 5.56 Å². The van der Waals surface area contributed by atoms with Gasteiger partial charge in [-0.25, -0.2) is 0 Å². The molecule has 4 rings (SSSR count). The lowest BCUT2D eigenvalue weighted by molar-refractivity contribution is -0.131. The van der Waals surface area contributed by atoms with Gasteiger partial charge in [0.2, 0.25) is 6.10 Å². The van der Waals surface area contributed by atoms with Crippen molar-refractivity contribution in [1.29, 1.82) is 0 Å². The van der Waals surface area contributed by atoms with Crippen molar-refractivity contribution in [3.63, 3.8) is 0 Å². The van der Waals surface area contributed by atoms with Crippen LogP contribution in [0.25, 0.3) is 0 Å². The van der Waals surface area contributed by atoms with Gasteiger partial charge in [-0.1, -0.05) is 59.2 Å². The number of carbonyl (C=O) groups is 1. The molecule has 0 aliphatic carbocycles. The molecule has 1 N–H and O–H groups in total. The molecule has 2 aliphatic heterocycles. The molecule has 1 unspecified atom stereocenters. The largest absolute Gasteiger partial charge is 0.382 e. The van der Waals surface area contributed by atoms with Gasteiger partial charge in [0.15, 0.2) is 0 Å². The number of ether oxygens (including phenoxy) is 1. The molecule has 5 nitrogen and oxygen atoms in total. The molecule has 6 heteroatoms. The standard InChI is InChI=1S/C23H25ClN2O3/c24-19-8-4-5-17(13-19)14-20-15-21(29-26-20)22(27)25-16-23(9-11-28-12-10-23)18-6-2-1-3-7-18/h1-8,13,21H,9-12,14-16H2,(H,25,27). The van der Waals surface area contributed by atoms with Crippen LogP contribution in [0.1, 0.15) is 30.4 Å². The molecule has 152 valence electrons. The van der Waals surface area contributed by atoms with Gasteiger partial charge in [0, 0.05) is 43.0 Å². The summed E-state index contributed by atoms with van der Waals surface area (Å²) < 4.78 is 5.57. The highest BCUT2D eigenvalue weighted by Gasteiger charge is 2.36. The van der Waals surface area contributed by atoms with E-state index in [9.17, 15) is 4.79 Å². The predicted octanol–water partition coefficient (Wildman–Crippen LogP) is 3.89. The Kier molecular flexibility index (Phi) is 6.16. The normalized spacial score (nSPS) is 20.6. The quantitative estimate of drug-likeness (QED) is 0.782. The van der Waals surface area contributed by atoms with Gasteiger partial charge in [0.25, 0.3) is 5.91 Å². The highest BCUT2D eigenvalue weighted by atomic mass is 35.5. The minimum Gasteiger partial charge on any atom is -0.382 e. The molecule has 1 fully saturated rings. The summed E-state index contributed by atoms with van der Waals surface area (Å²) in [5, 5.41) is 7.93. The third kappa shape index (κ3) is 4.80. The van der Waals surface area contributed by atoms with E-state index >= 15 is 0 Å². The Labute approximate surface area is 176 Å². The average molecular weight is 413 g/mol. The Hall–Kier alpha value is -2.37. The van der Waals surface area contributed by atoms with Crippen molar-refractivity contribution in [3.8, 4) is 0 Å². The van der Waals surface area contributed by atoms with Crippen LogP contribution in [0.5, 0.6) is 0 Å². The maximum atomic E-state index is 12.8. The minimum absolute atomic E-state index is 0.0990. The smallest absolute Gasteiger partial charge is 0.264 e. The van der Waals surface area contributed by atoms with Crippen LogP contribution < -0.4 is 5.32 Å². The molecular formula is C23H25ClN2O3. The second-order valence-electron chi connectivity index (χ2n) is 7.74. The fourth-order valence-electron chi connectivity index (χ4n) is 4.05. The fraction of sp³-hybridized carbons (Fsp3) is 0.391. The van der Waals surface area contributed by atoms with E-state index in [-0.39, 0.29) is 11.3 Å². The highest BCUT2D eigenvalue weighted by Crippen LogP contribution is 2.34. The molecule has 2 aliphatic rings. The van der Waals surface area contributed by atoms with Crippen LogP contribution in [0, 0.1) is 0 Å².